The number of piperazine rings is 1. The third kappa shape index (κ3) is 2.94. The van der Waals surface area contributed by atoms with Gasteiger partial charge in [0.25, 0.3) is 0 Å². The van der Waals surface area contributed by atoms with E-state index in [1.807, 2.05) is 30.3 Å². The van der Waals surface area contributed by atoms with E-state index in [0.717, 1.165) is 25.2 Å². The van der Waals surface area contributed by atoms with E-state index in [-0.39, 0.29) is 0 Å². The molecule has 2 bridgehead atoms. The van der Waals surface area contributed by atoms with Crippen molar-refractivity contribution in [1.82, 2.24) is 15.1 Å². The molecule has 5 nitrogen and oxygen atoms in total. The molecule has 1 aromatic carbocycles. The zero-order valence-corrected chi connectivity index (χ0v) is 11.5. The summed E-state index contributed by atoms with van der Waals surface area (Å²) in [6.45, 7) is 3.99. The summed E-state index contributed by atoms with van der Waals surface area (Å²) in [6, 6.07) is 11.0. The lowest BCUT2D eigenvalue weighted by atomic mass is 10.2. The molecule has 2 fully saturated rings. The molecule has 2 N–H and O–H groups in total. The minimum atomic E-state index is -0.837. The van der Waals surface area contributed by atoms with Crippen molar-refractivity contribution >= 4 is 6.09 Å². The van der Waals surface area contributed by atoms with Crippen molar-refractivity contribution in [3.63, 3.8) is 0 Å². The summed E-state index contributed by atoms with van der Waals surface area (Å²) in [7, 11) is 0. The number of carbonyl (C=O) groups is 1. The van der Waals surface area contributed by atoms with Gasteiger partial charge in [0.15, 0.2) is 0 Å². The summed E-state index contributed by atoms with van der Waals surface area (Å²) in [5.41, 5.74) is 1.04. The second-order valence-corrected chi connectivity index (χ2v) is 5.68. The highest BCUT2D eigenvalue weighted by Crippen LogP contribution is 2.22. The summed E-state index contributed by atoms with van der Waals surface area (Å²) in [5.74, 6) is 0. The van der Waals surface area contributed by atoms with Gasteiger partial charge in [-0.3, -0.25) is 4.90 Å². The van der Waals surface area contributed by atoms with Crippen LogP contribution in [0.2, 0.25) is 0 Å². The fraction of sp³-hybridized carbons (Fsp3) is 0.533. The van der Waals surface area contributed by atoms with Gasteiger partial charge in [0.2, 0.25) is 0 Å². The third-order valence-electron chi connectivity index (χ3n) is 4.31. The van der Waals surface area contributed by atoms with Crippen molar-refractivity contribution in [2.45, 2.75) is 25.0 Å². The van der Waals surface area contributed by atoms with E-state index in [1.165, 1.54) is 11.3 Å². The maximum absolute atomic E-state index is 11.4. The van der Waals surface area contributed by atoms with Gasteiger partial charge in [-0.05, 0) is 12.0 Å². The highest BCUT2D eigenvalue weighted by atomic mass is 16.4. The van der Waals surface area contributed by atoms with Crippen molar-refractivity contribution in [3.05, 3.63) is 35.9 Å². The van der Waals surface area contributed by atoms with Crippen LogP contribution >= 0.6 is 0 Å². The van der Waals surface area contributed by atoms with Gasteiger partial charge in [-0.2, -0.15) is 0 Å². The zero-order valence-electron chi connectivity index (χ0n) is 11.5. The van der Waals surface area contributed by atoms with Gasteiger partial charge in [0.05, 0.1) is 0 Å². The molecular formula is C15H21N3O2. The van der Waals surface area contributed by atoms with Gasteiger partial charge in [-0.1, -0.05) is 30.3 Å². The molecule has 2 aliphatic heterocycles. The van der Waals surface area contributed by atoms with Gasteiger partial charge >= 0.3 is 6.09 Å². The molecule has 20 heavy (non-hydrogen) atoms. The highest BCUT2D eigenvalue weighted by Gasteiger charge is 2.37. The number of hydrogen-bond donors (Lipinski definition) is 2. The largest absolute Gasteiger partial charge is 0.465 e. The van der Waals surface area contributed by atoms with Crippen LogP contribution in [0.3, 0.4) is 0 Å². The SMILES string of the molecule is O=C(O)N(CCN1C[C@@H]2C[C@H]1CN2)Cc1ccccc1. The first-order valence-corrected chi connectivity index (χ1v) is 7.21. The number of rotatable bonds is 5. The van der Waals surface area contributed by atoms with Crippen LogP contribution < -0.4 is 5.32 Å². The predicted molar refractivity (Wildman–Crippen MR) is 76.6 cm³/mol. The molecule has 0 aliphatic carbocycles. The Bertz CT molecular complexity index is 465. The van der Waals surface area contributed by atoms with Crippen LogP contribution in [0.4, 0.5) is 4.79 Å². The van der Waals surface area contributed by atoms with Crippen molar-refractivity contribution in [2.24, 2.45) is 0 Å². The van der Waals surface area contributed by atoms with Gasteiger partial charge in [0, 0.05) is 44.8 Å². The van der Waals surface area contributed by atoms with Crippen molar-refractivity contribution in [1.29, 1.82) is 0 Å². The molecule has 0 spiro atoms. The Labute approximate surface area is 119 Å². The monoisotopic (exact) mass is 275 g/mol. The summed E-state index contributed by atoms with van der Waals surface area (Å²) < 4.78 is 0. The zero-order chi connectivity index (χ0) is 13.9. The van der Waals surface area contributed by atoms with Crippen molar-refractivity contribution in [3.8, 4) is 0 Å². The second kappa shape index (κ2) is 5.81. The number of hydrogen-bond acceptors (Lipinski definition) is 3. The number of likely N-dealkylation sites (tertiary alicyclic amines) is 1. The molecule has 2 atom stereocenters. The van der Waals surface area contributed by atoms with Crippen molar-refractivity contribution < 1.29 is 9.90 Å². The molecule has 5 heteroatoms. The quantitative estimate of drug-likeness (QED) is 0.848. The van der Waals surface area contributed by atoms with Crippen LogP contribution in [0.25, 0.3) is 0 Å². The molecule has 2 aliphatic rings. The number of carboxylic acid groups (broad SMARTS) is 1. The Morgan fingerprint density at radius 3 is 2.80 bits per heavy atom. The number of nitrogens with one attached hydrogen (secondary N) is 1. The lowest BCUT2D eigenvalue weighted by molar-refractivity contribution is 0.128. The van der Waals surface area contributed by atoms with Crippen LogP contribution in [0.1, 0.15) is 12.0 Å². The Balaban J connectivity index is 1.54. The van der Waals surface area contributed by atoms with Crippen molar-refractivity contribution in [2.75, 3.05) is 26.2 Å². The minimum absolute atomic E-state index is 0.469. The van der Waals surface area contributed by atoms with Crippen LogP contribution in [0, 0.1) is 0 Å². The van der Waals surface area contributed by atoms with Gasteiger partial charge < -0.3 is 15.3 Å². The summed E-state index contributed by atoms with van der Waals surface area (Å²) >= 11 is 0. The first kappa shape index (κ1) is 13.4. The predicted octanol–water partition coefficient (Wildman–Crippen LogP) is 1.21. The van der Waals surface area contributed by atoms with Gasteiger partial charge in [-0.25, -0.2) is 4.79 Å². The lowest BCUT2D eigenvalue weighted by Crippen LogP contribution is -2.46. The standard InChI is InChI=1S/C15H21N3O2/c19-15(20)18(10-12-4-2-1-3-5-12)7-6-17-11-13-8-14(17)9-16-13/h1-5,13-14,16H,6-11H2,(H,19,20)/t13-,14-/m0/s1. The number of fused-ring (bicyclic) bond motifs is 2. The van der Waals surface area contributed by atoms with Crippen LogP contribution in [0.5, 0.6) is 0 Å². The number of amides is 1. The Morgan fingerprint density at radius 1 is 1.40 bits per heavy atom. The summed E-state index contributed by atoms with van der Waals surface area (Å²) in [5, 5.41) is 12.8. The van der Waals surface area contributed by atoms with Gasteiger partial charge in [-0.15, -0.1) is 0 Å². The smallest absolute Gasteiger partial charge is 0.407 e. The Hall–Kier alpha value is -1.59. The highest BCUT2D eigenvalue weighted by molar-refractivity contribution is 5.65. The van der Waals surface area contributed by atoms with E-state index in [4.69, 9.17) is 0 Å². The average Bonchev–Trinajstić information content (AvgIpc) is 3.06. The second-order valence-electron chi connectivity index (χ2n) is 5.68. The third-order valence-corrected chi connectivity index (χ3v) is 4.31. The van der Waals surface area contributed by atoms with E-state index in [0.29, 0.717) is 25.2 Å². The molecule has 0 aromatic heterocycles. The average molecular weight is 275 g/mol. The first-order valence-electron chi connectivity index (χ1n) is 7.21. The fourth-order valence-corrected chi connectivity index (χ4v) is 3.22. The molecule has 1 amide bonds. The molecule has 2 heterocycles. The van der Waals surface area contributed by atoms with E-state index in [2.05, 4.69) is 10.2 Å². The molecule has 1 aromatic rings. The van der Waals surface area contributed by atoms with Gasteiger partial charge in [0.1, 0.15) is 0 Å². The Kier molecular flexibility index (Phi) is 3.89. The van der Waals surface area contributed by atoms with E-state index in [9.17, 15) is 9.90 Å². The molecule has 108 valence electrons. The fourth-order valence-electron chi connectivity index (χ4n) is 3.22. The van der Waals surface area contributed by atoms with E-state index < -0.39 is 6.09 Å². The normalized spacial score (nSPS) is 25.0. The first-order chi connectivity index (χ1) is 9.72. The summed E-state index contributed by atoms with van der Waals surface area (Å²) in [6.07, 6.45) is 0.377. The maximum atomic E-state index is 11.4. The summed E-state index contributed by atoms with van der Waals surface area (Å²) in [4.78, 5) is 15.3. The molecular weight excluding hydrogens is 254 g/mol. The Morgan fingerprint density at radius 2 is 2.20 bits per heavy atom. The number of benzene rings is 1. The molecule has 0 saturated carbocycles. The van der Waals surface area contributed by atoms with Crippen LogP contribution in [-0.2, 0) is 6.54 Å². The lowest BCUT2D eigenvalue weighted by Gasteiger charge is -2.29. The topological polar surface area (TPSA) is 55.8 Å². The molecule has 0 unspecified atom stereocenters. The molecule has 2 saturated heterocycles. The van der Waals surface area contributed by atoms with Crippen LogP contribution in [0.15, 0.2) is 30.3 Å². The molecule has 3 rings (SSSR count). The molecule has 0 radical (unpaired) electrons. The van der Waals surface area contributed by atoms with Crippen LogP contribution in [-0.4, -0.2) is 59.3 Å². The van der Waals surface area contributed by atoms with E-state index >= 15 is 0 Å². The maximum Gasteiger partial charge on any atom is 0.407 e. The van der Waals surface area contributed by atoms with E-state index in [1.54, 1.807) is 0 Å². The minimum Gasteiger partial charge on any atom is -0.465 e. The number of nitrogens with zero attached hydrogens (tertiary/aromatic N) is 2.